The van der Waals surface area contributed by atoms with Crippen molar-refractivity contribution in [2.45, 2.75) is 6.18 Å². The SMILES string of the molecule is FC(F)(F)c1ccc(N2CNCN2)cc1. The Hall–Kier alpha value is -1.27. The smallest absolute Gasteiger partial charge is 0.293 e. The molecule has 0 unspecified atom stereocenters. The molecule has 1 aliphatic rings. The van der Waals surface area contributed by atoms with Gasteiger partial charge in [0, 0.05) is 0 Å². The lowest BCUT2D eigenvalue weighted by molar-refractivity contribution is -0.137. The molecule has 3 nitrogen and oxygen atoms in total. The number of anilines is 1. The van der Waals surface area contributed by atoms with E-state index in [0.29, 0.717) is 19.0 Å². The number of rotatable bonds is 1. The van der Waals surface area contributed by atoms with Gasteiger partial charge in [-0.1, -0.05) is 0 Å². The average Bonchev–Trinajstić information content (AvgIpc) is 2.69. The van der Waals surface area contributed by atoms with Crippen molar-refractivity contribution >= 4 is 5.69 Å². The van der Waals surface area contributed by atoms with E-state index < -0.39 is 11.7 Å². The van der Waals surface area contributed by atoms with Gasteiger partial charge in [-0.15, -0.1) is 0 Å². The fourth-order valence-corrected chi connectivity index (χ4v) is 1.39. The van der Waals surface area contributed by atoms with Crippen LogP contribution in [0.1, 0.15) is 5.56 Å². The quantitative estimate of drug-likeness (QED) is 0.747. The molecule has 2 N–H and O–H groups in total. The second kappa shape index (κ2) is 3.71. The molecule has 2 rings (SSSR count). The van der Waals surface area contributed by atoms with Gasteiger partial charge in [-0.25, -0.2) is 5.43 Å². The summed E-state index contributed by atoms with van der Waals surface area (Å²) in [5.41, 5.74) is 3.06. The van der Waals surface area contributed by atoms with E-state index in [2.05, 4.69) is 10.7 Å². The maximum atomic E-state index is 12.3. The third kappa shape index (κ3) is 2.21. The molecule has 0 bridgehead atoms. The van der Waals surface area contributed by atoms with Crippen molar-refractivity contribution in [3.05, 3.63) is 29.8 Å². The van der Waals surface area contributed by atoms with E-state index in [1.807, 2.05) is 0 Å². The fraction of sp³-hybridized carbons (Fsp3) is 0.333. The molecule has 0 atom stereocenters. The van der Waals surface area contributed by atoms with Crippen LogP contribution < -0.4 is 15.8 Å². The van der Waals surface area contributed by atoms with Crippen LogP contribution in [0.2, 0.25) is 0 Å². The van der Waals surface area contributed by atoms with Crippen LogP contribution in [0.3, 0.4) is 0 Å². The van der Waals surface area contributed by atoms with Gasteiger partial charge < -0.3 is 0 Å². The van der Waals surface area contributed by atoms with Gasteiger partial charge >= 0.3 is 6.18 Å². The van der Waals surface area contributed by atoms with Crippen LogP contribution in [-0.2, 0) is 6.18 Å². The van der Waals surface area contributed by atoms with Crippen LogP contribution in [0.15, 0.2) is 24.3 Å². The molecule has 0 amide bonds. The predicted molar refractivity (Wildman–Crippen MR) is 49.9 cm³/mol. The largest absolute Gasteiger partial charge is 0.416 e. The van der Waals surface area contributed by atoms with Gasteiger partial charge in [-0.05, 0) is 24.3 Å². The van der Waals surface area contributed by atoms with Gasteiger partial charge in [-0.3, -0.25) is 10.3 Å². The van der Waals surface area contributed by atoms with Gasteiger partial charge in [-0.2, -0.15) is 13.2 Å². The third-order valence-electron chi connectivity index (χ3n) is 2.17. The van der Waals surface area contributed by atoms with Crippen molar-refractivity contribution < 1.29 is 13.2 Å². The number of alkyl halides is 3. The summed E-state index contributed by atoms with van der Waals surface area (Å²) in [6.07, 6.45) is -4.27. The van der Waals surface area contributed by atoms with E-state index in [1.54, 1.807) is 5.01 Å². The van der Waals surface area contributed by atoms with Crippen LogP contribution in [0.5, 0.6) is 0 Å². The van der Waals surface area contributed by atoms with E-state index >= 15 is 0 Å². The molecule has 0 aromatic heterocycles. The molecule has 82 valence electrons. The van der Waals surface area contributed by atoms with E-state index in [-0.39, 0.29) is 0 Å². The number of halogens is 3. The first-order valence-electron chi connectivity index (χ1n) is 4.46. The van der Waals surface area contributed by atoms with E-state index in [0.717, 1.165) is 12.1 Å². The Balaban J connectivity index is 2.16. The molecular weight excluding hydrogens is 207 g/mol. The Morgan fingerprint density at radius 2 is 1.80 bits per heavy atom. The van der Waals surface area contributed by atoms with Crippen molar-refractivity contribution in [1.82, 2.24) is 10.7 Å². The van der Waals surface area contributed by atoms with Gasteiger partial charge in [0.1, 0.15) is 0 Å². The lowest BCUT2D eigenvalue weighted by Crippen LogP contribution is -2.30. The molecule has 1 aromatic carbocycles. The number of hydrazine groups is 1. The summed E-state index contributed by atoms with van der Waals surface area (Å²) in [6, 6.07) is 5.05. The first-order chi connectivity index (χ1) is 7.07. The number of hydrogen-bond donors (Lipinski definition) is 2. The van der Waals surface area contributed by atoms with Gasteiger partial charge in [0.25, 0.3) is 0 Å². The van der Waals surface area contributed by atoms with Crippen LogP contribution >= 0.6 is 0 Å². The van der Waals surface area contributed by atoms with Crippen LogP contribution in [0, 0.1) is 0 Å². The van der Waals surface area contributed by atoms with Crippen LogP contribution in [0.4, 0.5) is 18.9 Å². The fourth-order valence-electron chi connectivity index (χ4n) is 1.39. The molecule has 1 fully saturated rings. The van der Waals surface area contributed by atoms with Gasteiger partial charge in [0.05, 0.1) is 24.6 Å². The van der Waals surface area contributed by atoms with Crippen molar-refractivity contribution in [2.24, 2.45) is 0 Å². The molecule has 0 saturated carbocycles. The Labute approximate surface area is 84.8 Å². The summed E-state index contributed by atoms with van der Waals surface area (Å²) in [5.74, 6) is 0. The highest BCUT2D eigenvalue weighted by molar-refractivity contribution is 5.47. The second-order valence-electron chi connectivity index (χ2n) is 3.22. The van der Waals surface area contributed by atoms with Crippen molar-refractivity contribution in [2.75, 3.05) is 18.3 Å². The molecule has 15 heavy (non-hydrogen) atoms. The maximum Gasteiger partial charge on any atom is 0.416 e. The number of benzene rings is 1. The van der Waals surface area contributed by atoms with E-state index in [9.17, 15) is 13.2 Å². The molecule has 1 aliphatic heterocycles. The number of hydrogen-bond acceptors (Lipinski definition) is 3. The van der Waals surface area contributed by atoms with Crippen molar-refractivity contribution in [3.8, 4) is 0 Å². The molecular formula is C9H10F3N3. The summed E-state index contributed by atoms with van der Waals surface area (Å²) in [6.45, 7) is 1.21. The highest BCUT2D eigenvalue weighted by Gasteiger charge is 2.30. The van der Waals surface area contributed by atoms with Gasteiger partial charge in [0.15, 0.2) is 0 Å². The summed E-state index contributed by atoms with van der Waals surface area (Å²) in [5, 5.41) is 4.76. The normalized spacial score (nSPS) is 17.1. The topological polar surface area (TPSA) is 27.3 Å². The molecule has 6 heteroatoms. The average molecular weight is 217 g/mol. The highest BCUT2D eigenvalue weighted by atomic mass is 19.4. The molecule has 1 saturated heterocycles. The molecule has 0 aliphatic carbocycles. The summed E-state index contributed by atoms with van der Waals surface area (Å²) in [7, 11) is 0. The second-order valence-corrected chi connectivity index (χ2v) is 3.22. The van der Waals surface area contributed by atoms with Gasteiger partial charge in [0.2, 0.25) is 0 Å². The Morgan fingerprint density at radius 1 is 1.13 bits per heavy atom. The van der Waals surface area contributed by atoms with Crippen molar-refractivity contribution in [3.63, 3.8) is 0 Å². The summed E-state index contributed by atoms with van der Waals surface area (Å²) in [4.78, 5) is 0. The minimum Gasteiger partial charge on any atom is -0.293 e. The Kier molecular flexibility index (Phi) is 2.54. The monoisotopic (exact) mass is 217 g/mol. The van der Waals surface area contributed by atoms with Crippen LogP contribution in [-0.4, -0.2) is 13.3 Å². The first-order valence-corrected chi connectivity index (χ1v) is 4.46. The lowest BCUT2D eigenvalue weighted by atomic mass is 10.2. The lowest BCUT2D eigenvalue weighted by Gasteiger charge is -2.17. The zero-order valence-corrected chi connectivity index (χ0v) is 7.80. The summed E-state index contributed by atoms with van der Waals surface area (Å²) < 4.78 is 36.8. The molecule has 1 heterocycles. The predicted octanol–water partition coefficient (Wildman–Crippen LogP) is 1.53. The zero-order chi connectivity index (χ0) is 10.9. The van der Waals surface area contributed by atoms with E-state index in [1.165, 1.54) is 12.1 Å². The first kappa shape index (κ1) is 10.3. The van der Waals surface area contributed by atoms with Crippen LogP contribution in [0.25, 0.3) is 0 Å². The number of nitrogens with zero attached hydrogens (tertiary/aromatic N) is 1. The standard InChI is InChI=1S/C9H10F3N3/c10-9(11,12)7-1-3-8(4-2-7)15-6-13-5-14-15/h1-4,13-14H,5-6H2. The Bertz CT molecular complexity index is 327. The molecule has 1 aromatic rings. The molecule has 0 spiro atoms. The zero-order valence-electron chi connectivity index (χ0n) is 7.80. The third-order valence-corrected chi connectivity index (χ3v) is 2.17. The highest BCUT2D eigenvalue weighted by Crippen LogP contribution is 2.30. The summed E-state index contributed by atoms with van der Waals surface area (Å²) >= 11 is 0. The minimum atomic E-state index is -4.27. The molecule has 0 radical (unpaired) electrons. The number of nitrogens with one attached hydrogen (secondary N) is 2. The maximum absolute atomic E-state index is 12.3. The van der Waals surface area contributed by atoms with E-state index in [4.69, 9.17) is 0 Å². The minimum absolute atomic E-state index is 0.589. The Morgan fingerprint density at radius 3 is 2.27 bits per heavy atom. The van der Waals surface area contributed by atoms with Crippen molar-refractivity contribution in [1.29, 1.82) is 0 Å².